The third kappa shape index (κ3) is 3.01. The van der Waals surface area contributed by atoms with Gasteiger partial charge in [-0.2, -0.15) is 0 Å². The van der Waals surface area contributed by atoms with Gasteiger partial charge in [0, 0.05) is 18.5 Å². The molecule has 1 atom stereocenters. The summed E-state index contributed by atoms with van der Waals surface area (Å²) in [6, 6.07) is 5.22. The lowest BCUT2D eigenvalue weighted by molar-refractivity contribution is 0.0726. The predicted octanol–water partition coefficient (Wildman–Crippen LogP) is 3.02. The number of hydrogen-bond donors (Lipinski definition) is 1. The van der Waals surface area contributed by atoms with Crippen LogP contribution in [0, 0.1) is 0 Å². The molecule has 0 bridgehead atoms. The van der Waals surface area contributed by atoms with Gasteiger partial charge in [0.15, 0.2) is 11.5 Å². The van der Waals surface area contributed by atoms with E-state index in [9.17, 15) is 9.90 Å². The van der Waals surface area contributed by atoms with E-state index in [1.165, 1.54) is 7.11 Å². The van der Waals surface area contributed by atoms with E-state index in [2.05, 4.69) is 0 Å². The number of rotatable bonds is 5. The highest BCUT2D eigenvalue weighted by atomic mass is 35.5. The molecule has 110 valence electrons. The number of carbonyl (C=O) groups is 1. The molecule has 1 amide bonds. The minimum absolute atomic E-state index is 0.0806. The summed E-state index contributed by atoms with van der Waals surface area (Å²) in [5.74, 6) is 0.733. The van der Waals surface area contributed by atoms with Crippen LogP contribution in [-0.2, 0) is 0 Å². The minimum Gasteiger partial charge on any atom is -0.504 e. The van der Waals surface area contributed by atoms with Crippen molar-refractivity contribution in [3.05, 3.63) is 23.8 Å². The van der Waals surface area contributed by atoms with E-state index in [1.807, 2.05) is 4.90 Å². The van der Waals surface area contributed by atoms with Gasteiger partial charge in [0.2, 0.25) is 0 Å². The minimum atomic E-state index is -0.126. The fourth-order valence-electron chi connectivity index (χ4n) is 2.73. The molecule has 1 heterocycles. The Morgan fingerprint density at radius 2 is 2.35 bits per heavy atom. The van der Waals surface area contributed by atoms with Crippen LogP contribution in [0.5, 0.6) is 11.5 Å². The molecule has 20 heavy (non-hydrogen) atoms. The van der Waals surface area contributed by atoms with Crippen molar-refractivity contribution < 1.29 is 14.6 Å². The molecule has 0 saturated carbocycles. The lowest BCUT2D eigenvalue weighted by atomic mass is 10.1. The third-order valence-electron chi connectivity index (χ3n) is 3.76. The van der Waals surface area contributed by atoms with Crippen LogP contribution >= 0.6 is 11.6 Å². The van der Waals surface area contributed by atoms with Gasteiger partial charge in [-0.25, -0.2) is 0 Å². The Balaban J connectivity index is 2.18. The van der Waals surface area contributed by atoms with Gasteiger partial charge < -0.3 is 14.7 Å². The molecule has 0 spiro atoms. The first-order valence-corrected chi connectivity index (χ1v) is 7.45. The monoisotopic (exact) mass is 297 g/mol. The van der Waals surface area contributed by atoms with Gasteiger partial charge in [-0.05, 0) is 37.8 Å². The average molecular weight is 298 g/mol. The van der Waals surface area contributed by atoms with E-state index in [0.29, 0.717) is 17.2 Å². The second-order valence-corrected chi connectivity index (χ2v) is 5.36. The fourth-order valence-corrected chi connectivity index (χ4v) is 2.88. The lowest BCUT2D eigenvalue weighted by Gasteiger charge is -2.25. The molecule has 1 aromatic carbocycles. The van der Waals surface area contributed by atoms with Crippen LogP contribution in [-0.4, -0.2) is 41.5 Å². The second kappa shape index (κ2) is 6.84. The molecule has 0 aromatic heterocycles. The van der Waals surface area contributed by atoms with Gasteiger partial charge in [-0.15, -0.1) is 11.6 Å². The number of para-hydroxylation sites is 1. The molecule has 1 fully saturated rings. The maximum absolute atomic E-state index is 12.6. The molecule has 4 nitrogen and oxygen atoms in total. The zero-order valence-corrected chi connectivity index (χ0v) is 12.4. The number of nitrogens with zero attached hydrogens (tertiary/aromatic N) is 1. The van der Waals surface area contributed by atoms with Crippen molar-refractivity contribution in [3.63, 3.8) is 0 Å². The average Bonchev–Trinajstić information content (AvgIpc) is 2.93. The number of hydrogen-bond acceptors (Lipinski definition) is 3. The number of ether oxygens (including phenoxy) is 1. The zero-order chi connectivity index (χ0) is 14.5. The van der Waals surface area contributed by atoms with E-state index >= 15 is 0 Å². The van der Waals surface area contributed by atoms with E-state index in [4.69, 9.17) is 16.3 Å². The van der Waals surface area contributed by atoms with Gasteiger partial charge >= 0.3 is 0 Å². The van der Waals surface area contributed by atoms with Gasteiger partial charge in [0.25, 0.3) is 5.91 Å². The molecule has 1 aliphatic rings. The van der Waals surface area contributed by atoms with E-state index < -0.39 is 0 Å². The van der Waals surface area contributed by atoms with Crippen LogP contribution in [0.4, 0.5) is 0 Å². The molecule has 1 N–H and O–H groups in total. The largest absolute Gasteiger partial charge is 0.504 e. The van der Waals surface area contributed by atoms with Gasteiger partial charge in [-0.3, -0.25) is 4.79 Å². The SMILES string of the molecule is COc1cccc(C(=O)N2CCCC2CCCCl)c1O. The topological polar surface area (TPSA) is 49.8 Å². The number of likely N-dealkylation sites (tertiary alicyclic amines) is 1. The van der Waals surface area contributed by atoms with Crippen LogP contribution in [0.1, 0.15) is 36.0 Å². The van der Waals surface area contributed by atoms with Crippen molar-refractivity contribution in [3.8, 4) is 11.5 Å². The predicted molar refractivity (Wildman–Crippen MR) is 78.7 cm³/mol. The Kier molecular flexibility index (Phi) is 5.12. The van der Waals surface area contributed by atoms with E-state index in [0.717, 1.165) is 32.2 Å². The van der Waals surface area contributed by atoms with Crippen molar-refractivity contribution in [2.75, 3.05) is 19.5 Å². The molecule has 1 unspecified atom stereocenters. The number of carbonyl (C=O) groups excluding carboxylic acids is 1. The van der Waals surface area contributed by atoms with Crippen molar-refractivity contribution in [2.45, 2.75) is 31.7 Å². The van der Waals surface area contributed by atoms with Gasteiger partial charge in [-0.1, -0.05) is 6.07 Å². The summed E-state index contributed by atoms with van der Waals surface area (Å²) < 4.78 is 5.05. The number of amides is 1. The summed E-state index contributed by atoms with van der Waals surface area (Å²) in [7, 11) is 1.47. The number of halogens is 1. The number of alkyl halides is 1. The lowest BCUT2D eigenvalue weighted by Crippen LogP contribution is -2.35. The quantitative estimate of drug-likeness (QED) is 0.850. The van der Waals surface area contributed by atoms with Crippen molar-refractivity contribution >= 4 is 17.5 Å². The number of phenols is 1. The zero-order valence-electron chi connectivity index (χ0n) is 11.6. The van der Waals surface area contributed by atoms with Crippen LogP contribution < -0.4 is 4.74 Å². The van der Waals surface area contributed by atoms with Crippen LogP contribution in [0.25, 0.3) is 0 Å². The van der Waals surface area contributed by atoms with Crippen LogP contribution in [0.15, 0.2) is 18.2 Å². The van der Waals surface area contributed by atoms with Crippen LogP contribution in [0.3, 0.4) is 0 Å². The molecule has 0 radical (unpaired) electrons. The highest BCUT2D eigenvalue weighted by molar-refractivity contribution is 6.17. The summed E-state index contributed by atoms with van der Waals surface area (Å²) >= 11 is 5.73. The number of benzene rings is 1. The van der Waals surface area contributed by atoms with Gasteiger partial charge in [0.1, 0.15) is 0 Å². The molecular weight excluding hydrogens is 278 g/mol. The van der Waals surface area contributed by atoms with Crippen molar-refractivity contribution in [1.82, 2.24) is 4.90 Å². The third-order valence-corrected chi connectivity index (χ3v) is 4.03. The maximum Gasteiger partial charge on any atom is 0.258 e. The van der Waals surface area contributed by atoms with Gasteiger partial charge in [0.05, 0.1) is 12.7 Å². The summed E-state index contributed by atoms with van der Waals surface area (Å²) in [6.45, 7) is 0.739. The molecule has 1 saturated heterocycles. The summed E-state index contributed by atoms with van der Waals surface area (Å²) in [5.41, 5.74) is 0.308. The Hall–Kier alpha value is -1.42. The molecule has 2 rings (SSSR count). The maximum atomic E-state index is 12.6. The molecule has 1 aromatic rings. The first-order chi connectivity index (χ1) is 9.69. The Morgan fingerprint density at radius 1 is 1.55 bits per heavy atom. The standard InChI is InChI=1S/C15H20ClNO3/c1-20-13-8-2-7-12(14(13)18)15(19)17-10-4-6-11(17)5-3-9-16/h2,7-8,11,18H,3-6,9-10H2,1H3. The molecular formula is C15H20ClNO3. The first-order valence-electron chi connectivity index (χ1n) is 6.92. The van der Waals surface area contributed by atoms with Crippen molar-refractivity contribution in [1.29, 1.82) is 0 Å². The highest BCUT2D eigenvalue weighted by Crippen LogP contribution is 2.32. The summed E-state index contributed by atoms with van der Waals surface area (Å²) in [5, 5.41) is 10.1. The summed E-state index contributed by atoms with van der Waals surface area (Å²) in [6.07, 6.45) is 3.83. The first kappa shape index (κ1) is 15.0. The Labute approximate surface area is 124 Å². The Bertz CT molecular complexity index is 478. The fraction of sp³-hybridized carbons (Fsp3) is 0.533. The van der Waals surface area contributed by atoms with Crippen molar-refractivity contribution in [2.24, 2.45) is 0 Å². The molecule has 5 heteroatoms. The normalized spacial score (nSPS) is 18.3. The highest BCUT2D eigenvalue weighted by Gasteiger charge is 2.30. The summed E-state index contributed by atoms with van der Waals surface area (Å²) in [4.78, 5) is 14.4. The number of phenolic OH excluding ortho intramolecular Hbond substituents is 1. The Morgan fingerprint density at radius 3 is 3.05 bits per heavy atom. The molecule has 1 aliphatic heterocycles. The van der Waals surface area contributed by atoms with Crippen LogP contribution in [0.2, 0.25) is 0 Å². The number of aromatic hydroxyl groups is 1. The number of methoxy groups -OCH3 is 1. The van der Waals surface area contributed by atoms with E-state index in [1.54, 1.807) is 18.2 Å². The second-order valence-electron chi connectivity index (χ2n) is 4.98. The van der Waals surface area contributed by atoms with E-state index in [-0.39, 0.29) is 17.7 Å². The molecule has 0 aliphatic carbocycles. The smallest absolute Gasteiger partial charge is 0.258 e.